The monoisotopic (exact) mass is 298 g/mol. The Labute approximate surface area is 126 Å². The molecule has 1 rings (SSSR count). The summed E-state index contributed by atoms with van der Waals surface area (Å²) in [5.41, 5.74) is -0.227. The van der Waals surface area contributed by atoms with Crippen LogP contribution in [0.25, 0.3) is 0 Å². The smallest absolute Gasteiger partial charge is 0.414 e. The molecule has 0 saturated carbocycles. The second-order valence-corrected chi connectivity index (χ2v) is 6.42. The van der Waals surface area contributed by atoms with E-state index >= 15 is 0 Å². The zero-order valence-electron chi connectivity index (χ0n) is 13.8. The Morgan fingerprint density at radius 2 is 2.05 bits per heavy atom. The molecule has 21 heavy (non-hydrogen) atoms. The van der Waals surface area contributed by atoms with Crippen LogP contribution in [-0.2, 0) is 14.3 Å². The Hall–Kier alpha value is -1.56. The second kappa shape index (κ2) is 6.93. The van der Waals surface area contributed by atoms with Gasteiger partial charge in [-0.25, -0.2) is 4.79 Å². The van der Waals surface area contributed by atoms with Crippen LogP contribution in [0, 0.1) is 5.92 Å². The number of hydrogen-bond acceptors (Lipinski definition) is 5. The maximum absolute atomic E-state index is 12.5. The number of likely N-dealkylation sites (tertiary alicyclic amines) is 1. The number of ether oxygens (including phenoxy) is 2. The molecule has 1 saturated heterocycles. The average Bonchev–Trinajstić information content (AvgIpc) is 2.31. The minimum atomic E-state index is -0.591. The summed E-state index contributed by atoms with van der Waals surface area (Å²) in [6.45, 7) is 6.24. The third-order valence-electron chi connectivity index (χ3n) is 2.98. The van der Waals surface area contributed by atoms with Crippen molar-refractivity contribution in [1.29, 1.82) is 0 Å². The number of piperidine rings is 1. The summed E-state index contributed by atoms with van der Waals surface area (Å²) < 4.78 is 10.5. The highest BCUT2D eigenvalue weighted by atomic mass is 16.6. The van der Waals surface area contributed by atoms with E-state index in [1.807, 2.05) is 14.1 Å². The summed E-state index contributed by atoms with van der Waals surface area (Å²) in [6, 6.07) is 0. The third-order valence-corrected chi connectivity index (χ3v) is 2.98. The van der Waals surface area contributed by atoms with Crippen molar-refractivity contribution in [2.75, 3.05) is 34.4 Å². The normalized spacial score (nSPS) is 21.6. The zero-order valence-corrected chi connectivity index (χ0v) is 13.8. The number of methoxy groups -OCH3 is 1. The van der Waals surface area contributed by atoms with Crippen molar-refractivity contribution in [3.8, 4) is 0 Å². The lowest BCUT2D eigenvalue weighted by Crippen LogP contribution is -2.46. The van der Waals surface area contributed by atoms with Gasteiger partial charge in [-0.2, -0.15) is 0 Å². The van der Waals surface area contributed by atoms with Crippen molar-refractivity contribution >= 4 is 11.9 Å². The van der Waals surface area contributed by atoms with Gasteiger partial charge in [0, 0.05) is 39.9 Å². The van der Waals surface area contributed by atoms with E-state index in [9.17, 15) is 9.59 Å². The molecule has 1 heterocycles. The lowest BCUT2D eigenvalue weighted by atomic mass is 9.94. The lowest BCUT2D eigenvalue weighted by molar-refractivity contribution is -0.124. The summed E-state index contributed by atoms with van der Waals surface area (Å²) in [4.78, 5) is 27.9. The molecule has 1 atom stereocenters. The van der Waals surface area contributed by atoms with Crippen molar-refractivity contribution in [3.63, 3.8) is 0 Å². The van der Waals surface area contributed by atoms with E-state index in [0.717, 1.165) is 0 Å². The molecule has 1 amide bonds. The van der Waals surface area contributed by atoms with Gasteiger partial charge < -0.3 is 14.4 Å². The maximum atomic E-state index is 12.5. The Bertz CT molecular complexity index is 424. The van der Waals surface area contributed by atoms with Gasteiger partial charge in [0.2, 0.25) is 0 Å². The second-order valence-electron chi connectivity index (χ2n) is 6.42. The van der Waals surface area contributed by atoms with E-state index in [4.69, 9.17) is 9.47 Å². The van der Waals surface area contributed by atoms with Crippen LogP contribution in [-0.4, -0.2) is 61.6 Å². The van der Waals surface area contributed by atoms with E-state index in [2.05, 4.69) is 0 Å². The van der Waals surface area contributed by atoms with Crippen LogP contribution in [0.5, 0.6) is 0 Å². The number of allylic oxidation sites excluding steroid dienone is 1. The highest BCUT2D eigenvalue weighted by Crippen LogP contribution is 2.25. The molecule has 0 N–H and O–H groups in total. The van der Waals surface area contributed by atoms with Crippen molar-refractivity contribution in [2.45, 2.75) is 32.8 Å². The molecule has 1 aliphatic rings. The molecule has 1 aliphatic heterocycles. The molecule has 0 spiro atoms. The fourth-order valence-corrected chi connectivity index (χ4v) is 2.12. The number of hydrogen-bond donors (Lipinski definition) is 0. The fourth-order valence-electron chi connectivity index (χ4n) is 2.12. The van der Waals surface area contributed by atoms with Crippen LogP contribution >= 0.6 is 0 Å². The highest BCUT2D eigenvalue weighted by Gasteiger charge is 2.36. The largest absolute Gasteiger partial charge is 0.443 e. The van der Waals surface area contributed by atoms with Gasteiger partial charge in [0.05, 0.1) is 6.61 Å². The molecular weight excluding hydrogens is 272 g/mol. The average molecular weight is 298 g/mol. The Morgan fingerprint density at radius 1 is 1.43 bits per heavy atom. The van der Waals surface area contributed by atoms with Gasteiger partial charge in [-0.05, 0) is 27.2 Å². The molecule has 1 fully saturated rings. The molecule has 1 unspecified atom stereocenters. The number of amides is 1. The van der Waals surface area contributed by atoms with Gasteiger partial charge >= 0.3 is 6.09 Å². The van der Waals surface area contributed by atoms with Gasteiger partial charge in [0.15, 0.2) is 5.78 Å². The molecule has 0 aromatic carbocycles. The van der Waals surface area contributed by atoms with Gasteiger partial charge in [-0.15, -0.1) is 0 Å². The Balaban J connectivity index is 2.98. The summed E-state index contributed by atoms with van der Waals surface area (Å²) in [5.74, 6) is -0.289. The number of Topliss-reactive ketones (excluding diaryl/α,β-unsaturated/α-hetero) is 1. The van der Waals surface area contributed by atoms with Crippen LogP contribution in [0.1, 0.15) is 27.2 Å². The van der Waals surface area contributed by atoms with Crippen molar-refractivity contribution in [2.24, 2.45) is 5.92 Å². The van der Waals surface area contributed by atoms with Gasteiger partial charge in [-0.3, -0.25) is 9.69 Å². The first-order valence-corrected chi connectivity index (χ1v) is 7.07. The van der Waals surface area contributed by atoms with Gasteiger partial charge in [0.25, 0.3) is 0 Å². The van der Waals surface area contributed by atoms with Crippen LogP contribution in [0.2, 0.25) is 0 Å². The van der Waals surface area contributed by atoms with Crippen LogP contribution < -0.4 is 0 Å². The summed E-state index contributed by atoms with van der Waals surface area (Å²) in [5, 5.41) is 0. The molecule has 0 aliphatic carbocycles. The predicted octanol–water partition coefficient (Wildman–Crippen LogP) is 1.86. The molecule has 6 nitrogen and oxygen atoms in total. The maximum Gasteiger partial charge on any atom is 0.414 e. The standard InChI is InChI=1S/C15H26N2O4/c1-15(2,3)21-14(19)17-8-7-11(10-20-6)13(18)12(17)9-16(4)5/h9,11H,7-8,10H2,1-6H3/b12-9-. The number of carbonyl (C=O) groups excluding carboxylic acids is 2. The molecule has 0 aromatic rings. The van der Waals surface area contributed by atoms with Crippen molar-refractivity contribution in [1.82, 2.24) is 9.80 Å². The molecular formula is C15H26N2O4. The predicted molar refractivity (Wildman–Crippen MR) is 79.7 cm³/mol. The van der Waals surface area contributed by atoms with E-state index in [-0.39, 0.29) is 11.7 Å². The summed E-state index contributed by atoms with van der Waals surface area (Å²) >= 11 is 0. The summed E-state index contributed by atoms with van der Waals surface area (Å²) in [7, 11) is 5.20. The minimum absolute atomic E-state index is 0.0809. The van der Waals surface area contributed by atoms with Crippen LogP contribution in [0.4, 0.5) is 4.79 Å². The van der Waals surface area contributed by atoms with Crippen LogP contribution in [0.15, 0.2) is 11.9 Å². The lowest BCUT2D eigenvalue weighted by Gasteiger charge is -2.34. The van der Waals surface area contributed by atoms with Crippen molar-refractivity contribution in [3.05, 3.63) is 11.9 Å². The molecule has 0 bridgehead atoms. The third kappa shape index (κ3) is 5.04. The van der Waals surface area contributed by atoms with Gasteiger partial charge in [0.1, 0.15) is 11.3 Å². The first-order chi connectivity index (χ1) is 9.65. The minimum Gasteiger partial charge on any atom is -0.443 e. The molecule has 0 radical (unpaired) electrons. The van der Waals surface area contributed by atoms with Crippen molar-refractivity contribution < 1.29 is 19.1 Å². The summed E-state index contributed by atoms with van der Waals surface area (Å²) in [6.07, 6.45) is 1.75. The Morgan fingerprint density at radius 3 is 2.52 bits per heavy atom. The number of nitrogens with zero attached hydrogens (tertiary/aromatic N) is 2. The topological polar surface area (TPSA) is 59.1 Å². The molecule has 6 heteroatoms. The van der Waals surface area contributed by atoms with E-state index in [1.54, 1.807) is 39.0 Å². The first kappa shape index (κ1) is 17.5. The van der Waals surface area contributed by atoms with E-state index in [0.29, 0.717) is 25.3 Å². The number of rotatable bonds is 3. The molecule has 0 aromatic heterocycles. The Kier molecular flexibility index (Phi) is 5.78. The first-order valence-electron chi connectivity index (χ1n) is 7.07. The van der Waals surface area contributed by atoms with Gasteiger partial charge in [-0.1, -0.05) is 0 Å². The van der Waals surface area contributed by atoms with Crippen LogP contribution in [0.3, 0.4) is 0 Å². The number of carbonyl (C=O) groups is 2. The van der Waals surface area contributed by atoms with E-state index in [1.165, 1.54) is 4.90 Å². The van der Waals surface area contributed by atoms with E-state index < -0.39 is 11.7 Å². The number of ketones is 1. The quantitative estimate of drug-likeness (QED) is 0.744. The highest BCUT2D eigenvalue weighted by molar-refractivity contribution is 6.00. The zero-order chi connectivity index (χ0) is 16.2. The molecule has 120 valence electrons. The SMILES string of the molecule is COCC1CCN(C(=O)OC(C)(C)C)/C(=C\N(C)C)C1=O. The fraction of sp³-hybridized carbons (Fsp3) is 0.733.